The van der Waals surface area contributed by atoms with Gasteiger partial charge in [0.25, 0.3) is 0 Å². The highest BCUT2D eigenvalue weighted by molar-refractivity contribution is 6.06. The lowest BCUT2D eigenvalue weighted by molar-refractivity contribution is -0.307. The molecule has 2 rings (SSSR count). The predicted octanol–water partition coefficient (Wildman–Crippen LogP) is 1.85. The minimum atomic E-state index is -1.32. The summed E-state index contributed by atoms with van der Waals surface area (Å²) >= 11 is 0. The maximum atomic E-state index is 12.8. The van der Waals surface area contributed by atoms with E-state index < -0.39 is 12.6 Å². The smallest absolute Gasteiger partial charge is 0.185 e. The van der Waals surface area contributed by atoms with E-state index in [0.717, 1.165) is 0 Å². The third-order valence-electron chi connectivity index (χ3n) is 2.79. The molecule has 0 unspecified atom stereocenters. The maximum Gasteiger partial charge on any atom is 0.185 e. The molecule has 0 aliphatic heterocycles. The highest BCUT2D eigenvalue weighted by atomic mass is 19.1. The van der Waals surface area contributed by atoms with Crippen molar-refractivity contribution in [2.75, 3.05) is 6.61 Å². The molecule has 0 heterocycles. The molecule has 0 aliphatic rings. The SMILES string of the molecule is O=C([O-])COc1ccc(C(=O)/C=C/c2ccc(F)cc2)cc1. The van der Waals surface area contributed by atoms with Gasteiger partial charge in [-0.1, -0.05) is 18.2 Å². The first kappa shape index (κ1) is 15.4. The van der Waals surface area contributed by atoms with Crippen LogP contribution < -0.4 is 9.84 Å². The van der Waals surface area contributed by atoms with Gasteiger partial charge in [0.15, 0.2) is 5.78 Å². The van der Waals surface area contributed by atoms with Gasteiger partial charge in [0.2, 0.25) is 0 Å². The van der Waals surface area contributed by atoms with Crippen LogP contribution in [0.5, 0.6) is 5.75 Å². The Hall–Kier alpha value is -2.95. The average molecular weight is 299 g/mol. The van der Waals surface area contributed by atoms with Crippen LogP contribution in [0.1, 0.15) is 15.9 Å². The van der Waals surface area contributed by atoms with Crippen LogP contribution in [0.4, 0.5) is 4.39 Å². The second kappa shape index (κ2) is 7.17. The molecule has 0 amide bonds. The topological polar surface area (TPSA) is 66.4 Å². The number of rotatable bonds is 6. The Labute approximate surface area is 126 Å². The number of benzene rings is 2. The first-order valence-corrected chi connectivity index (χ1v) is 6.45. The van der Waals surface area contributed by atoms with Crippen molar-refractivity contribution in [1.82, 2.24) is 0 Å². The Balaban J connectivity index is 2.00. The lowest BCUT2D eigenvalue weighted by Crippen LogP contribution is -2.28. The molecule has 2 aromatic carbocycles. The zero-order valence-corrected chi connectivity index (χ0v) is 11.5. The summed E-state index contributed by atoms with van der Waals surface area (Å²) in [6, 6.07) is 11.8. The van der Waals surface area contributed by atoms with Crippen LogP contribution in [0, 0.1) is 5.82 Å². The fraction of sp³-hybridized carbons (Fsp3) is 0.0588. The molecule has 2 aromatic rings. The third-order valence-corrected chi connectivity index (χ3v) is 2.79. The van der Waals surface area contributed by atoms with Gasteiger partial charge in [0, 0.05) is 5.56 Å². The molecule has 0 fully saturated rings. The van der Waals surface area contributed by atoms with Crippen molar-refractivity contribution in [3.05, 3.63) is 71.6 Å². The lowest BCUT2D eigenvalue weighted by Gasteiger charge is -2.06. The molecule has 4 nitrogen and oxygen atoms in total. The van der Waals surface area contributed by atoms with E-state index >= 15 is 0 Å². The minimum absolute atomic E-state index is 0.226. The van der Waals surface area contributed by atoms with E-state index in [0.29, 0.717) is 16.9 Å². The summed E-state index contributed by atoms with van der Waals surface area (Å²) in [6.45, 7) is -0.544. The van der Waals surface area contributed by atoms with Crippen molar-refractivity contribution in [1.29, 1.82) is 0 Å². The predicted molar refractivity (Wildman–Crippen MR) is 76.7 cm³/mol. The molecular weight excluding hydrogens is 287 g/mol. The molecular formula is C17H12FO4-. The van der Waals surface area contributed by atoms with Crippen LogP contribution in [-0.4, -0.2) is 18.4 Å². The monoisotopic (exact) mass is 299 g/mol. The number of ketones is 1. The summed E-state index contributed by atoms with van der Waals surface area (Å²) in [5, 5.41) is 10.3. The molecule has 0 radical (unpaired) electrons. The molecule has 5 heteroatoms. The number of halogens is 1. The first-order chi connectivity index (χ1) is 10.5. The van der Waals surface area contributed by atoms with Crippen LogP contribution in [0.2, 0.25) is 0 Å². The maximum absolute atomic E-state index is 12.8. The second-order valence-electron chi connectivity index (χ2n) is 4.43. The molecule has 0 N–H and O–H groups in total. The van der Waals surface area contributed by atoms with Crippen LogP contribution in [-0.2, 0) is 4.79 Å². The van der Waals surface area contributed by atoms with E-state index in [1.807, 2.05) is 0 Å². The number of carboxylic acid groups (broad SMARTS) is 1. The van der Waals surface area contributed by atoms with E-state index in [2.05, 4.69) is 0 Å². The van der Waals surface area contributed by atoms with Gasteiger partial charge >= 0.3 is 0 Å². The van der Waals surface area contributed by atoms with Crippen molar-refractivity contribution in [2.24, 2.45) is 0 Å². The van der Waals surface area contributed by atoms with E-state index in [4.69, 9.17) is 4.74 Å². The number of carbonyl (C=O) groups excluding carboxylic acids is 2. The highest BCUT2D eigenvalue weighted by Gasteiger charge is 2.02. The van der Waals surface area contributed by atoms with Crippen molar-refractivity contribution in [3.8, 4) is 5.75 Å². The van der Waals surface area contributed by atoms with Crippen molar-refractivity contribution < 1.29 is 23.8 Å². The van der Waals surface area contributed by atoms with Gasteiger partial charge in [-0.25, -0.2) is 4.39 Å². The van der Waals surface area contributed by atoms with Gasteiger partial charge in [-0.15, -0.1) is 0 Å². The quantitative estimate of drug-likeness (QED) is 0.603. The van der Waals surface area contributed by atoms with Crippen molar-refractivity contribution in [3.63, 3.8) is 0 Å². The van der Waals surface area contributed by atoms with Crippen LogP contribution in [0.3, 0.4) is 0 Å². The molecule has 0 aliphatic carbocycles. The Morgan fingerprint density at radius 3 is 2.27 bits per heavy atom. The second-order valence-corrected chi connectivity index (χ2v) is 4.43. The lowest BCUT2D eigenvalue weighted by atomic mass is 10.1. The number of carbonyl (C=O) groups is 2. The summed E-state index contributed by atoms with van der Waals surface area (Å²) in [5.41, 5.74) is 1.14. The van der Waals surface area contributed by atoms with Crippen molar-refractivity contribution >= 4 is 17.8 Å². The highest BCUT2D eigenvalue weighted by Crippen LogP contribution is 2.13. The molecule has 0 saturated heterocycles. The standard InChI is InChI=1S/C17H13FO4/c18-14-6-1-12(2-7-14)3-10-16(19)13-4-8-15(9-5-13)22-11-17(20)21/h1-10H,11H2,(H,20,21)/p-1/b10-3+. The van der Waals surface area contributed by atoms with Gasteiger partial charge in [-0.2, -0.15) is 0 Å². The van der Waals surface area contributed by atoms with Gasteiger partial charge in [0.1, 0.15) is 18.2 Å². The number of aliphatic carboxylic acids is 1. The molecule has 0 spiro atoms. The molecule has 0 aromatic heterocycles. The summed E-state index contributed by atoms with van der Waals surface area (Å²) in [6.07, 6.45) is 2.96. The zero-order chi connectivity index (χ0) is 15.9. The fourth-order valence-corrected chi connectivity index (χ4v) is 1.70. The Morgan fingerprint density at radius 2 is 1.68 bits per heavy atom. The molecule has 112 valence electrons. The first-order valence-electron chi connectivity index (χ1n) is 6.45. The Bertz CT molecular complexity index is 688. The molecule has 0 bridgehead atoms. The number of carboxylic acids is 1. The Kier molecular flexibility index (Phi) is 5.03. The van der Waals surface area contributed by atoms with Gasteiger partial charge < -0.3 is 14.6 Å². The largest absolute Gasteiger partial charge is 0.546 e. The van der Waals surface area contributed by atoms with Crippen LogP contribution in [0.15, 0.2) is 54.6 Å². The van der Waals surface area contributed by atoms with E-state index in [1.54, 1.807) is 18.2 Å². The van der Waals surface area contributed by atoms with Crippen LogP contribution in [0.25, 0.3) is 6.08 Å². The summed E-state index contributed by atoms with van der Waals surface area (Å²) < 4.78 is 17.7. The van der Waals surface area contributed by atoms with Gasteiger partial charge in [-0.3, -0.25) is 4.79 Å². The molecule has 0 saturated carbocycles. The number of ether oxygens (including phenoxy) is 1. The summed E-state index contributed by atoms with van der Waals surface area (Å²) in [5.74, 6) is -1.54. The average Bonchev–Trinajstić information content (AvgIpc) is 2.52. The fourth-order valence-electron chi connectivity index (χ4n) is 1.70. The van der Waals surface area contributed by atoms with Gasteiger partial charge in [0.05, 0.1) is 5.97 Å². The van der Waals surface area contributed by atoms with E-state index in [9.17, 15) is 19.1 Å². The number of hydrogen-bond donors (Lipinski definition) is 0. The number of allylic oxidation sites excluding steroid dienone is 1. The zero-order valence-electron chi connectivity index (χ0n) is 11.5. The minimum Gasteiger partial charge on any atom is -0.546 e. The third kappa shape index (κ3) is 4.56. The van der Waals surface area contributed by atoms with Gasteiger partial charge in [-0.05, 0) is 48.0 Å². The van der Waals surface area contributed by atoms with E-state index in [1.165, 1.54) is 42.5 Å². The summed E-state index contributed by atoms with van der Waals surface area (Å²) in [4.78, 5) is 22.2. The number of hydrogen-bond acceptors (Lipinski definition) is 4. The van der Waals surface area contributed by atoms with E-state index in [-0.39, 0.29) is 11.6 Å². The van der Waals surface area contributed by atoms with Crippen molar-refractivity contribution in [2.45, 2.75) is 0 Å². The normalized spacial score (nSPS) is 10.6. The summed E-state index contributed by atoms with van der Waals surface area (Å²) in [7, 11) is 0. The molecule has 22 heavy (non-hydrogen) atoms. The Morgan fingerprint density at radius 1 is 1.05 bits per heavy atom. The van der Waals surface area contributed by atoms with Crippen LogP contribution >= 0.6 is 0 Å². The molecule has 0 atom stereocenters.